The fourth-order valence-corrected chi connectivity index (χ4v) is 2.99. The van der Waals surface area contributed by atoms with Crippen molar-refractivity contribution in [3.63, 3.8) is 0 Å². The Bertz CT molecular complexity index is 695. The fraction of sp³-hybridized carbons (Fsp3) is 0.278. The predicted octanol–water partition coefficient (Wildman–Crippen LogP) is 3.94. The molecule has 1 amide bonds. The second-order valence-electron chi connectivity index (χ2n) is 5.61. The summed E-state index contributed by atoms with van der Waals surface area (Å²) in [4.78, 5) is 12.4. The van der Waals surface area contributed by atoms with Crippen molar-refractivity contribution in [2.45, 2.75) is 25.5 Å². The summed E-state index contributed by atoms with van der Waals surface area (Å²) >= 11 is 0. The minimum absolute atomic E-state index is 0.142. The van der Waals surface area contributed by atoms with Crippen LogP contribution in [0, 0.1) is 0 Å². The van der Waals surface area contributed by atoms with Crippen LogP contribution in [0.2, 0.25) is 0 Å². The lowest BCUT2D eigenvalue weighted by Crippen LogP contribution is -2.14. The molecule has 0 saturated heterocycles. The van der Waals surface area contributed by atoms with Crippen molar-refractivity contribution in [1.29, 1.82) is 0 Å². The number of para-hydroxylation sites is 1. The van der Waals surface area contributed by atoms with E-state index in [1.807, 2.05) is 36.4 Å². The molecule has 0 radical (unpaired) electrons. The molecule has 0 saturated carbocycles. The minimum Gasteiger partial charge on any atom is -0.322 e. The molecular formula is C18H21NO2S. The number of carbonyl (C=O) groups excluding carboxylic acids is 1. The van der Waals surface area contributed by atoms with Crippen molar-refractivity contribution in [3.8, 4) is 0 Å². The molecule has 0 spiro atoms. The third-order valence-electron chi connectivity index (χ3n) is 3.39. The van der Waals surface area contributed by atoms with Gasteiger partial charge >= 0.3 is 0 Å². The molecule has 3 nitrogen and oxygen atoms in total. The molecular weight excluding hydrogens is 294 g/mol. The third-order valence-corrected chi connectivity index (χ3v) is 4.13. The molecule has 0 fully saturated rings. The van der Waals surface area contributed by atoms with Crippen molar-refractivity contribution >= 4 is 22.4 Å². The Hall–Kier alpha value is -1.94. The quantitative estimate of drug-likeness (QED) is 0.908. The number of benzene rings is 2. The number of rotatable bonds is 5. The molecule has 0 heterocycles. The van der Waals surface area contributed by atoms with Crippen LogP contribution >= 0.6 is 0 Å². The number of amides is 1. The van der Waals surface area contributed by atoms with Gasteiger partial charge in [0.25, 0.3) is 5.91 Å². The van der Waals surface area contributed by atoms with Crippen LogP contribution in [0.3, 0.4) is 0 Å². The lowest BCUT2D eigenvalue weighted by molar-refractivity contribution is 0.102. The molecule has 4 heteroatoms. The van der Waals surface area contributed by atoms with Crippen LogP contribution in [0.15, 0.2) is 48.5 Å². The van der Waals surface area contributed by atoms with Gasteiger partial charge in [0.05, 0.1) is 0 Å². The van der Waals surface area contributed by atoms with Gasteiger partial charge in [-0.15, -0.1) is 0 Å². The van der Waals surface area contributed by atoms with Crippen LogP contribution in [0.4, 0.5) is 5.69 Å². The molecule has 0 aliphatic heterocycles. The zero-order valence-corrected chi connectivity index (χ0v) is 13.9. The Morgan fingerprint density at radius 3 is 2.55 bits per heavy atom. The maximum absolute atomic E-state index is 12.4. The van der Waals surface area contributed by atoms with E-state index in [1.165, 1.54) is 0 Å². The molecule has 0 aliphatic carbocycles. The van der Waals surface area contributed by atoms with E-state index in [-0.39, 0.29) is 5.91 Å². The summed E-state index contributed by atoms with van der Waals surface area (Å²) in [6.45, 7) is 4.20. The van der Waals surface area contributed by atoms with Crippen molar-refractivity contribution < 1.29 is 9.00 Å². The Labute approximate surface area is 134 Å². The molecule has 22 heavy (non-hydrogen) atoms. The number of carbonyl (C=O) groups is 1. The second-order valence-corrected chi connectivity index (χ2v) is 7.05. The summed E-state index contributed by atoms with van der Waals surface area (Å²) < 4.78 is 11.3. The van der Waals surface area contributed by atoms with Gasteiger partial charge in [-0.25, -0.2) is 0 Å². The highest BCUT2D eigenvalue weighted by Crippen LogP contribution is 2.24. The summed E-state index contributed by atoms with van der Waals surface area (Å²) in [6, 6.07) is 15.1. The summed E-state index contributed by atoms with van der Waals surface area (Å²) in [5.74, 6) is 0.658. The van der Waals surface area contributed by atoms with Gasteiger partial charge < -0.3 is 5.32 Å². The highest BCUT2D eigenvalue weighted by Gasteiger charge is 2.11. The van der Waals surface area contributed by atoms with Crippen molar-refractivity contribution in [1.82, 2.24) is 0 Å². The van der Waals surface area contributed by atoms with Crippen LogP contribution in [0.25, 0.3) is 0 Å². The van der Waals surface area contributed by atoms with Crippen LogP contribution in [0.1, 0.15) is 41.3 Å². The van der Waals surface area contributed by atoms with Crippen LogP contribution < -0.4 is 5.32 Å². The normalized spacial score (nSPS) is 12.2. The number of hydrogen-bond acceptors (Lipinski definition) is 2. The Kier molecular flexibility index (Phi) is 5.50. The molecule has 2 rings (SSSR count). The molecule has 0 aromatic heterocycles. The largest absolute Gasteiger partial charge is 0.322 e. The fourth-order valence-electron chi connectivity index (χ4n) is 2.35. The van der Waals surface area contributed by atoms with Crippen molar-refractivity contribution in [3.05, 3.63) is 65.2 Å². The molecule has 1 N–H and O–H groups in total. The van der Waals surface area contributed by atoms with Crippen molar-refractivity contribution in [2.24, 2.45) is 0 Å². The minimum atomic E-state index is -0.918. The van der Waals surface area contributed by atoms with Gasteiger partial charge in [-0.2, -0.15) is 0 Å². The van der Waals surface area contributed by atoms with Crippen LogP contribution in [-0.4, -0.2) is 16.4 Å². The van der Waals surface area contributed by atoms with E-state index >= 15 is 0 Å². The van der Waals surface area contributed by atoms with E-state index in [9.17, 15) is 9.00 Å². The Balaban J connectivity index is 2.21. The summed E-state index contributed by atoms with van der Waals surface area (Å²) in [5.41, 5.74) is 3.45. The molecule has 1 atom stereocenters. The molecule has 2 aromatic rings. The Morgan fingerprint density at radius 2 is 1.86 bits per heavy atom. The molecule has 0 bridgehead atoms. The zero-order valence-electron chi connectivity index (χ0n) is 13.1. The molecule has 2 aromatic carbocycles. The number of hydrogen-bond donors (Lipinski definition) is 1. The highest BCUT2D eigenvalue weighted by molar-refractivity contribution is 7.83. The highest BCUT2D eigenvalue weighted by atomic mass is 32.2. The van der Waals surface area contributed by atoms with E-state index in [4.69, 9.17) is 0 Å². The average molecular weight is 315 g/mol. The van der Waals surface area contributed by atoms with Gasteiger partial charge in [-0.3, -0.25) is 9.00 Å². The van der Waals surface area contributed by atoms with E-state index in [2.05, 4.69) is 19.2 Å². The van der Waals surface area contributed by atoms with E-state index in [1.54, 1.807) is 18.4 Å². The number of anilines is 1. The maximum atomic E-state index is 12.4. The van der Waals surface area contributed by atoms with Gasteiger partial charge in [-0.1, -0.05) is 44.2 Å². The van der Waals surface area contributed by atoms with E-state index in [0.29, 0.717) is 17.2 Å². The zero-order chi connectivity index (χ0) is 16.1. The monoisotopic (exact) mass is 315 g/mol. The van der Waals surface area contributed by atoms with Gasteiger partial charge in [0, 0.05) is 34.1 Å². The predicted molar refractivity (Wildman–Crippen MR) is 92.7 cm³/mol. The lowest BCUT2D eigenvalue weighted by atomic mass is 10.0. The average Bonchev–Trinajstić information content (AvgIpc) is 2.47. The Morgan fingerprint density at radius 1 is 1.14 bits per heavy atom. The van der Waals surface area contributed by atoms with E-state index < -0.39 is 10.8 Å². The lowest BCUT2D eigenvalue weighted by Gasteiger charge is -2.14. The van der Waals surface area contributed by atoms with Crippen LogP contribution in [0.5, 0.6) is 0 Å². The van der Waals surface area contributed by atoms with Crippen LogP contribution in [-0.2, 0) is 16.6 Å². The van der Waals surface area contributed by atoms with Crippen molar-refractivity contribution in [2.75, 3.05) is 11.6 Å². The first kappa shape index (κ1) is 16.4. The van der Waals surface area contributed by atoms with Gasteiger partial charge in [0.1, 0.15) is 0 Å². The third kappa shape index (κ3) is 4.28. The molecule has 1 unspecified atom stereocenters. The smallest absolute Gasteiger partial charge is 0.255 e. The second kappa shape index (κ2) is 7.36. The molecule has 0 aliphatic rings. The SMILES string of the molecule is CC(C)c1ccccc1NC(=O)c1cccc(CS(C)=O)c1. The van der Waals surface area contributed by atoms with E-state index in [0.717, 1.165) is 16.8 Å². The first-order valence-corrected chi connectivity index (χ1v) is 8.99. The van der Waals surface area contributed by atoms with Gasteiger partial charge in [-0.05, 0) is 35.2 Å². The first-order valence-electron chi connectivity index (χ1n) is 7.26. The first-order chi connectivity index (χ1) is 10.5. The van der Waals surface area contributed by atoms with Gasteiger partial charge in [0.2, 0.25) is 0 Å². The summed E-state index contributed by atoms with van der Waals surface area (Å²) in [7, 11) is -0.918. The summed E-state index contributed by atoms with van der Waals surface area (Å²) in [6.07, 6.45) is 1.66. The molecule has 116 valence electrons. The maximum Gasteiger partial charge on any atom is 0.255 e. The topological polar surface area (TPSA) is 46.2 Å². The van der Waals surface area contributed by atoms with Gasteiger partial charge in [0.15, 0.2) is 0 Å². The standard InChI is InChI=1S/C18H21NO2S/c1-13(2)16-9-4-5-10-17(16)19-18(20)15-8-6-7-14(11-15)12-22(3)21/h4-11,13H,12H2,1-3H3,(H,19,20). The summed E-state index contributed by atoms with van der Waals surface area (Å²) in [5, 5.41) is 2.97. The number of nitrogens with one attached hydrogen (secondary N) is 1.